The first-order chi connectivity index (χ1) is 8.16. The second-order valence-corrected chi connectivity index (χ2v) is 4.44. The molecule has 4 nitrogen and oxygen atoms in total. The highest BCUT2D eigenvalue weighted by Gasteiger charge is 2.20. The van der Waals surface area contributed by atoms with Gasteiger partial charge in [0.05, 0.1) is 0 Å². The highest BCUT2D eigenvalue weighted by atomic mass is 16.5. The minimum absolute atomic E-state index is 0.0166. The Morgan fingerprint density at radius 3 is 2.71 bits per heavy atom. The maximum absolute atomic E-state index is 11.8. The molecule has 0 bridgehead atoms. The van der Waals surface area contributed by atoms with Gasteiger partial charge in [0.1, 0.15) is 17.4 Å². The molecule has 92 valence electrons. The van der Waals surface area contributed by atoms with Crippen molar-refractivity contribution in [3.05, 3.63) is 23.8 Å². The van der Waals surface area contributed by atoms with Crippen LogP contribution in [0.3, 0.4) is 0 Å². The number of esters is 1. The quantitative estimate of drug-likeness (QED) is 0.469. The first-order valence-corrected chi connectivity index (χ1v) is 5.96. The predicted octanol–water partition coefficient (Wildman–Crippen LogP) is 2.46. The lowest BCUT2D eigenvalue weighted by atomic mass is 9.98. The van der Waals surface area contributed by atoms with E-state index in [1.54, 1.807) is 6.07 Å². The van der Waals surface area contributed by atoms with Gasteiger partial charge in [-0.3, -0.25) is 0 Å². The average molecular weight is 235 g/mol. The summed E-state index contributed by atoms with van der Waals surface area (Å²) in [6, 6.07) is 4.40. The van der Waals surface area contributed by atoms with E-state index in [0.29, 0.717) is 5.69 Å². The highest BCUT2D eigenvalue weighted by Crippen LogP contribution is 2.25. The van der Waals surface area contributed by atoms with E-state index in [2.05, 4.69) is 0 Å². The second-order valence-electron chi connectivity index (χ2n) is 4.44. The predicted molar refractivity (Wildman–Crippen MR) is 64.8 cm³/mol. The highest BCUT2D eigenvalue weighted by molar-refractivity contribution is 5.93. The first kappa shape index (κ1) is 11.8. The smallest absolute Gasteiger partial charge is 0.342 e. The summed E-state index contributed by atoms with van der Waals surface area (Å²) in [4.78, 5) is 11.8. The number of ether oxygens (including phenoxy) is 1. The number of anilines is 1. The number of hydrogen-bond donors (Lipinski definition) is 2. The first-order valence-electron chi connectivity index (χ1n) is 5.96. The number of phenols is 1. The Bertz CT molecular complexity index is 411. The van der Waals surface area contributed by atoms with Crippen molar-refractivity contribution in [3.8, 4) is 5.75 Å². The number of nitrogen functional groups attached to an aromatic ring is 1. The standard InChI is InChI=1S/C13H17NO3/c14-9-6-7-12(15)11(8-9)13(16)17-10-4-2-1-3-5-10/h6-8,10,15H,1-5,14H2. The Balaban J connectivity index is 2.05. The molecule has 0 heterocycles. The second kappa shape index (κ2) is 5.08. The van der Waals surface area contributed by atoms with E-state index in [-0.39, 0.29) is 17.4 Å². The summed E-state index contributed by atoms with van der Waals surface area (Å²) in [7, 11) is 0. The zero-order valence-corrected chi connectivity index (χ0v) is 9.69. The lowest BCUT2D eigenvalue weighted by Crippen LogP contribution is -2.21. The van der Waals surface area contributed by atoms with Gasteiger partial charge in [-0.25, -0.2) is 4.79 Å². The van der Waals surface area contributed by atoms with Gasteiger partial charge in [0.15, 0.2) is 0 Å². The molecule has 0 atom stereocenters. The van der Waals surface area contributed by atoms with Crippen LogP contribution in [0.5, 0.6) is 5.75 Å². The van der Waals surface area contributed by atoms with Gasteiger partial charge in [-0.1, -0.05) is 6.42 Å². The van der Waals surface area contributed by atoms with Crippen LogP contribution in [0.1, 0.15) is 42.5 Å². The van der Waals surface area contributed by atoms with Gasteiger partial charge in [-0.2, -0.15) is 0 Å². The third-order valence-corrected chi connectivity index (χ3v) is 3.07. The Hall–Kier alpha value is -1.71. The Kier molecular flexibility index (Phi) is 3.52. The molecule has 1 aromatic carbocycles. The number of rotatable bonds is 2. The Morgan fingerprint density at radius 2 is 2.00 bits per heavy atom. The van der Waals surface area contributed by atoms with Crippen molar-refractivity contribution in [2.45, 2.75) is 38.2 Å². The van der Waals surface area contributed by atoms with Crippen molar-refractivity contribution in [2.75, 3.05) is 5.73 Å². The number of carbonyl (C=O) groups excluding carboxylic acids is 1. The van der Waals surface area contributed by atoms with Crippen LogP contribution in [-0.2, 0) is 4.74 Å². The maximum atomic E-state index is 11.8. The zero-order chi connectivity index (χ0) is 12.3. The molecule has 0 aromatic heterocycles. The molecule has 0 radical (unpaired) electrons. The third-order valence-electron chi connectivity index (χ3n) is 3.07. The Labute approximate surface area is 100 Å². The molecule has 0 amide bonds. The fourth-order valence-corrected chi connectivity index (χ4v) is 2.11. The monoisotopic (exact) mass is 235 g/mol. The largest absolute Gasteiger partial charge is 0.507 e. The van der Waals surface area contributed by atoms with Gasteiger partial charge in [-0.05, 0) is 43.9 Å². The molecule has 17 heavy (non-hydrogen) atoms. The molecular formula is C13H17NO3. The number of aromatic hydroxyl groups is 1. The normalized spacial score (nSPS) is 16.7. The summed E-state index contributed by atoms with van der Waals surface area (Å²) < 4.78 is 5.36. The van der Waals surface area contributed by atoms with Gasteiger partial charge < -0.3 is 15.6 Å². The summed E-state index contributed by atoms with van der Waals surface area (Å²) in [5.41, 5.74) is 6.17. The fraction of sp³-hybridized carbons (Fsp3) is 0.462. The minimum Gasteiger partial charge on any atom is -0.507 e. The van der Waals surface area contributed by atoms with Crippen LogP contribution in [0.2, 0.25) is 0 Å². The number of nitrogens with two attached hydrogens (primary N) is 1. The molecule has 0 saturated heterocycles. The van der Waals surface area contributed by atoms with Crippen molar-refractivity contribution in [2.24, 2.45) is 0 Å². The fourth-order valence-electron chi connectivity index (χ4n) is 2.11. The van der Waals surface area contributed by atoms with Crippen LogP contribution >= 0.6 is 0 Å². The summed E-state index contributed by atoms with van der Waals surface area (Å²) in [6.45, 7) is 0. The molecule has 0 spiro atoms. The van der Waals surface area contributed by atoms with E-state index in [4.69, 9.17) is 10.5 Å². The number of carbonyl (C=O) groups is 1. The number of phenolic OH excluding ortho intramolecular Hbond substituents is 1. The van der Waals surface area contributed by atoms with Crippen LogP contribution < -0.4 is 5.73 Å². The lowest BCUT2D eigenvalue weighted by molar-refractivity contribution is 0.0208. The molecule has 1 fully saturated rings. The van der Waals surface area contributed by atoms with E-state index in [1.807, 2.05) is 0 Å². The Morgan fingerprint density at radius 1 is 1.29 bits per heavy atom. The maximum Gasteiger partial charge on any atom is 0.342 e. The average Bonchev–Trinajstić information content (AvgIpc) is 2.33. The van der Waals surface area contributed by atoms with Crippen LogP contribution in [0.15, 0.2) is 18.2 Å². The van der Waals surface area contributed by atoms with E-state index in [0.717, 1.165) is 25.7 Å². The molecule has 4 heteroatoms. The van der Waals surface area contributed by atoms with Crippen LogP contribution in [-0.4, -0.2) is 17.2 Å². The van der Waals surface area contributed by atoms with Crippen LogP contribution in [0, 0.1) is 0 Å². The number of hydrogen-bond acceptors (Lipinski definition) is 4. The van der Waals surface area contributed by atoms with E-state index >= 15 is 0 Å². The van der Waals surface area contributed by atoms with Crippen molar-refractivity contribution in [3.63, 3.8) is 0 Å². The molecule has 1 aliphatic rings. The minimum atomic E-state index is -0.485. The van der Waals surface area contributed by atoms with Crippen LogP contribution in [0.25, 0.3) is 0 Å². The summed E-state index contributed by atoms with van der Waals surface area (Å²) in [6.07, 6.45) is 5.21. The topological polar surface area (TPSA) is 72.5 Å². The SMILES string of the molecule is Nc1ccc(O)c(C(=O)OC2CCCCC2)c1. The third kappa shape index (κ3) is 2.90. The molecule has 0 aliphatic heterocycles. The van der Waals surface area contributed by atoms with Crippen molar-refractivity contribution >= 4 is 11.7 Å². The van der Waals surface area contributed by atoms with E-state index in [9.17, 15) is 9.90 Å². The van der Waals surface area contributed by atoms with Gasteiger partial charge in [-0.15, -0.1) is 0 Å². The summed E-state index contributed by atoms with van der Waals surface area (Å²) >= 11 is 0. The van der Waals surface area contributed by atoms with Gasteiger partial charge in [0.25, 0.3) is 0 Å². The number of benzene rings is 1. The molecule has 1 aromatic rings. The summed E-state index contributed by atoms with van der Waals surface area (Å²) in [5, 5.41) is 9.58. The molecule has 2 rings (SSSR count). The van der Waals surface area contributed by atoms with E-state index < -0.39 is 5.97 Å². The lowest BCUT2D eigenvalue weighted by Gasteiger charge is -2.22. The molecule has 1 saturated carbocycles. The zero-order valence-electron chi connectivity index (χ0n) is 9.69. The van der Waals surface area contributed by atoms with Crippen molar-refractivity contribution in [1.82, 2.24) is 0 Å². The van der Waals surface area contributed by atoms with E-state index in [1.165, 1.54) is 18.6 Å². The van der Waals surface area contributed by atoms with Gasteiger partial charge in [0.2, 0.25) is 0 Å². The molecule has 3 N–H and O–H groups in total. The molecular weight excluding hydrogens is 218 g/mol. The summed E-state index contributed by atoms with van der Waals surface area (Å²) in [5.74, 6) is -0.568. The van der Waals surface area contributed by atoms with Gasteiger partial charge >= 0.3 is 5.97 Å². The van der Waals surface area contributed by atoms with Crippen molar-refractivity contribution < 1.29 is 14.6 Å². The van der Waals surface area contributed by atoms with Crippen molar-refractivity contribution in [1.29, 1.82) is 0 Å². The molecule has 0 unspecified atom stereocenters. The van der Waals surface area contributed by atoms with Crippen LogP contribution in [0.4, 0.5) is 5.69 Å². The molecule has 1 aliphatic carbocycles. The van der Waals surface area contributed by atoms with Gasteiger partial charge in [0, 0.05) is 5.69 Å².